The third-order valence-corrected chi connectivity index (χ3v) is 9.47. The zero-order chi connectivity index (χ0) is 41.0. The molecular formula is C46H60O8. The zero-order valence-electron chi connectivity index (χ0n) is 34.2. The summed E-state index contributed by atoms with van der Waals surface area (Å²) in [5.41, 5.74) is 6.31. The predicted molar refractivity (Wildman–Crippen MR) is 216 cm³/mol. The SMILES string of the molecule is CC1=C(/C=C/C(C)=C/C=C/C(C)=C/C=C/C=C(C)/C=C/C=C(C)/C=C/C2=C(C)C(=O)C(OC(=O)C(C)O)CC2(C)C)C(C)(C)CC(OC(=O)C(C)O)C1=O. The molecule has 54 heavy (non-hydrogen) atoms. The van der Waals surface area contributed by atoms with E-state index in [0.717, 1.165) is 33.4 Å². The molecule has 0 aromatic heterocycles. The molecule has 0 aromatic rings. The lowest BCUT2D eigenvalue weighted by atomic mass is 9.71. The lowest BCUT2D eigenvalue weighted by molar-refractivity contribution is -0.163. The molecule has 2 rings (SSSR count). The summed E-state index contributed by atoms with van der Waals surface area (Å²) in [6, 6.07) is 0. The molecule has 0 saturated heterocycles. The average molecular weight is 741 g/mol. The zero-order valence-corrected chi connectivity index (χ0v) is 34.2. The van der Waals surface area contributed by atoms with Crippen LogP contribution in [0.3, 0.4) is 0 Å². The van der Waals surface area contributed by atoms with Crippen molar-refractivity contribution in [2.45, 2.75) is 120 Å². The van der Waals surface area contributed by atoms with Gasteiger partial charge in [-0.1, -0.05) is 135 Å². The molecule has 2 aliphatic carbocycles. The maximum Gasteiger partial charge on any atom is 0.335 e. The molecule has 0 heterocycles. The van der Waals surface area contributed by atoms with Crippen LogP contribution < -0.4 is 0 Å². The third-order valence-electron chi connectivity index (χ3n) is 9.47. The minimum Gasteiger partial charge on any atom is -0.452 e. The number of allylic oxidation sites excluding steroid dienone is 20. The molecule has 0 aliphatic heterocycles. The normalized spacial score (nSPS) is 23.1. The number of aliphatic hydroxyl groups excluding tert-OH is 2. The molecule has 4 atom stereocenters. The summed E-state index contributed by atoms with van der Waals surface area (Å²) in [5.74, 6) is -2.05. The van der Waals surface area contributed by atoms with Crippen LogP contribution in [0.25, 0.3) is 0 Å². The Morgan fingerprint density at radius 3 is 1.20 bits per heavy atom. The fourth-order valence-electron chi connectivity index (χ4n) is 6.23. The van der Waals surface area contributed by atoms with E-state index in [1.165, 1.54) is 13.8 Å². The van der Waals surface area contributed by atoms with Gasteiger partial charge >= 0.3 is 11.9 Å². The highest BCUT2D eigenvalue weighted by Gasteiger charge is 2.41. The number of esters is 2. The number of Topliss-reactive ketones (excluding diaryl/α,β-unsaturated/α-hetero) is 2. The van der Waals surface area contributed by atoms with Crippen molar-refractivity contribution in [1.82, 2.24) is 0 Å². The summed E-state index contributed by atoms with van der Waals surface area (Å²) in [7, 11) is 0. The highest BCUT2D eigenvalue weighted by molar-refractivity contribution is 6.02. The molecule has 2 N–H and O–H groups in total. The smallest absolute Gasteiger partial charge is 0.335 e. The summed E-state index contributed by atoms with van der Waals surface area (Å²) in [4.78, 5) is 49.6. The van der Waals surface area contributed by atoms with Gasteiger partial charge in [0.15, 0.2) is 23.8 Å². The van der Waals surface area contributed by atoms with Gasteiger partial charge in [-0.25, -0.2) is 9.59 Å². The quantitative estimate of drug-likeness (QED) is 0.134. The Hall–Kier alpha value is -4.66. The van der Waals surface area contributed by atoms with Gasteiger partial charge in [-0.05, 0) is 88.5 Å². The Morgan fingerprint density at radius 2 is 0.889 bits per heavy atom. The van der Waals surface area contributed by atoms with Crippen LogP contribution in [-0.4, -0.2) is 58.1 Å². The van der Waals surface area contributed by atoms with Crippen molar-refractivity contribution < 1.29 is 38.9 Å². The van der Waals surface area contributed by atoms with E-state index < -0.39 is 47.2 Å². The van der Waals surface area contributed by atoms with Gasteiger partial charge in [0.25, 0.3) is 0 Å². The van der Waals surface area contributed by atoms with Crippen LogP contribution >= 0.6 is 0 Å². The lowest BCUT2D eigenvalue weighted by Gasteiger charge is -2.36. The maximum atomic E-state index is 12.9. The number of hydrogen-bond donors (Lipinski definition) is 2. The first-order chi connectivity index (χ1) is 25.1. The summed E-state index contributed by atoms with van der Waals surface area (Å²) in [5, 5.41) is 19.0. The van der Waals surface area contributed by atoms with Crippen molar-refractivity contribution in [2.75, 3.05) is 0 Å². The second-order valence-electron chi connectivity index (χ2n) is 15.6. The molecular weight excluding hydrogens is 680 g/mol. The average Bonchev–Trinajstić information content (AvgIpc) is 3.07. The Balaban J connectivity index is 1.99. The summed E-state index contributed by atoms with van der Waals surface area (Å²) in [6.45, 7) is 22.2. The Kier molecular flexibility index (Phi) is 17.0. The van der Waals surface area contributed by atoms with Crippen molar-refractivity contribution in [3.8, 4) is 0 Å². The lowest BCUT2D eigenvalue weighted by Crippen LogP contribution is -2.40. The molecule has 0 bridgehead atoms. The van der Waals surface area contributed by atoms with Crippen molar-refractivity contribution in [3.63, 3.8) is 0 Å². The summed E-state index contributed by atoms with van der Waals surface area (Å²) in [6.07, 6.45) is 24.2. The van der Waals surface area contributed by atoms with E-state index in [4.69, 9.17) is 9.47 Å². The van der Waals surface area contributed by atoms with E-state index in [-0.39, 0.29) is 11.6 Å². The predicted octanol–water partition coefficient (Wildman–Crippen LogP) is 8.77. The van der Waals surface area contributed by atoms with Crippen LogP contribution in [0.1, 0.15) is 95.9 Å². The van der Waals surface area contributed by atoms with Crippen molar-refractivity contribution in [1.29, 1.82) is 0 Å². The van der Waals surface area contributed by atoms with Gasteiger partial charge in [0.2, 0.25) is 0 Å². The van der Waals surface area contributed by atoms with Gasteiger partial charge in [0.1, 0.15) is 12.2 Å². The maximum absolute atomic E-state index is 12.9. The molecule has 0 amide bonds. The second-order valence-corrected chi connectivity index (χ2v) is 15.6. The van der Waals surface area contributed by atoms with Crippen LogP contribution in [0.4, 0.5) is 0 Å². The number of aliphatic hydroxyl groups is 2. The number of hydrogen-bond acceptors (Lipinski definition) is 8. The van der Waals surface area contributed by atoms with Gasteiger partial charge in [0.05, 0.1) is 0 Å². The van der Waals surface area contributed by atoms with Crippen LogP contribution in [0.2, 0.25) is 0 Å². The topological polar surface area (TPSA) is 127 Å². The highest BCUT2D eigenvalue weighted by atomic mass is 16.6. The fraction of sp³-hybridized carbons (Fsp3) is 0.435. The minimum atomic E-state index is -1.28. The molecule has 8 nitrogen and oxygen atoms in total. The van der Waals surface area contributed by atoms with Gasteiger partial charge in [-0.3, -0.25) is 9.59 Å². The van der Waals surface area contributed by atoms with E-state index in [1.54, 1.807) is 13.8 Å². The molecule has 292 valence electrons. The molecule has 0 radical (unpaired) electrons. The number of ether oxygens (including phenoxy) is 2. The van der Waals surface area contributed by atoms with Crippen molar-refractivity contribution >= 4 is 23.5 Å². The monoisotopic (exact) mass is 740 g/mol. The Labute approximate surface area is 322 Å². The largest absolute Gasteiger partial charge is 0.452 e. The van der Waals surface area contributed by atoms with Crippen LogP contribution in [0.15, 0.2) is 130 Å². The van der Waals surface area contributed by atoms with E-state index >= 15 is 0 Å². The first-order valence-corrected chi connectivity index (χ1v) is 18.4. The molecule has 0 spiro atoms. The summed E-state index contributed by atoms with van der Waals surface area (Å²) < 4.78 is 10.6. The van der Waals surface area contributed by atoms with Gasteiger partial charge in [-0.2, -0.15) is 0 Å². The Morgan fingerprint density at radius 1 is 0.593 bits per heavy atom. The first-order valence-electron chi connectivity index (χ1n) is 18.4. The second kappa shape index (κ2) is 20.1. The fourth-order valence-corrected chi connectivity index (χ4v) is 6.23. The molecule has 8 heteroatoms. The Bertz CT molecular complexity index is 1660. The van der Waals surface area contributed by atoms with Crippen LogP contribution in [0.5, 0.6) is 0 Å². The van der Waals surface area contributed by atoms with E-state index in [2.05, 4.69) is 0 Å². The van der Waals surface area contributed by atoms with Gasteiger partial charge < -0.3 is 19.7 Å². The number of carbonyl (C=O) groups is 4. The molecule has 2 aliphatic rings. The van der Waals surface area contributed by atoms with Gasteiger partial charge in [0, 0.05) is 12.8 Å². The molecule has 4 unspecified atom stereocenters. The van der Waals surface area contributed by atoms with E-state index in [0.29, 0.717) is 24.0 Å². The number of carbonyl (C=O) groups excluding carboxylic acids is 4. The van der Waals surface area contributed by atoms with Crippen molar-refractivity contribution in [3.05, 3.63) is 130 Å². The van der Waals surface area contributed by atoms with E-state index in [9.17, 15) is 29.4 Å². The summed E-state index contributed by atoms with van der Waals surface area (Å²) >= 11 is 0. The van der Waals surface area contributed by atoms with Crippen molar-refractivity contribution in [2.24, 2.45) is 10.8 Å². The molecule has 0 fully saturated rings. The third kappa shape index (κ3) is 13.6. The van der Waals surface area contributed by atoms with Crippen LogP contribution in [-0.2, 0) is 28.7 Å². The minimum absolute atomic E-state index is 0.235. The van der Waals surface area contributed by atoms with Crippen LogP contribution in [0, 0.1) is 10.8 Å². The molecule has 0 aromatic carbocycles. The standard InChI is InChI=1S/C46H60O8/c1-29(19-15-21-31(3)23-25-37-33(5)41(49)39(27-45(37,9)10)53-43(51)35(7)47)17-13-14-18-30(2)20-16-22-32(4)24-26-38-34(6)42(50)40(28-46(38,11)12)54-44(52)36(8)48/h13-26,35-36,39-40,47-48H,27-28H2,1-12H3/b14-13+,19-15+,20-16+,25-23+,26-24+,29-17+,30-18+,31-21+,32-22+. The van der Waals surface area contributed by atoms with Gasteiger partial charge in [-0.15, -0.1) is 0 Å². The number of ketones is 2. The highest BCUT2D eigenvalue weighted by Crippen LogP contribution is 2.42. The van der Waals surface area contributed by atoms with E-state index in [1.807, 2.05) is 140 Å². The molecule has 0 saturated carbocycles. The number of rotatable bonds is 14. The first kappa shape index (κ1) is 45.5.